The molecule has 0 spiro atoms. The molecule has 1 nitrogen and oxygen atoms in total. The van der Waals surface area contributed by atoms with Crippen LogP contribution in [0.15, 0.2) is 36.4 Å². The quantitative estimate of drug-likeness (QED) is 0.502. The van der Waals surface area contributed by atoms with Crippen LogP contribution in [0.2, 0.25) is 0 Å². The van der Waals surface area contributed by atoms with Crippen molar-refractivity contribution in [3.8, 4) is 11.1 Å². The van der Waals surface area contributed by atoms with Gasteiger partial charge in [0.1, 0.15) is 0 Å². The van der Waals surface area contributed by atoms with Crippen molar-refractivity contribution < 1.29 is 4.79 Å². The summed E-state index contributed by atoms with van der Waals surface area (Å²) in [5, 5.41) is 1.62. The summed E-state index contributed by atoms with van der Waals surface area (Å²) in [5.41, 5.74) is 6.56. The molecule has 1 aliphatic carbocycles. The largest absolute Gasteiger partial charge is 0.298 e. The molecule has 3 rings (SSSR count). The van der Waals surface area contributed by atoms with Crippen LogP contribution in [-0.2, 0) is 6.42 Å². The van der Waals surface area contributed by atoms with Gasteiger partial charge in [0.15, 0.2) is 6.29 Å². The molecule has 17 heavy (non-hydrogen) atoms. The van der Waals surface area contributed by atoms with Gasteiger partial charge < -0.3 is 0 Å². The smallest absolute Gasteiger partial charge is 0.150 e. The zero-order valence-corrected chi connectivity index (χ0v) is 9.96. The second-order valence-electron chi connectivity index (χ2n) is 4.16. The molecule has 0 bridgehead atoms. The van der Waals surface area contributed by atoms with Gasteiger partial charge in [-0.3, -0.25) is 4.79 Å². The lowest BCUT2D eigenvalue weighted by molar-refractivity contribution is 0.112. The molecule has 2 aromatic carbocycles. The van der Waals surface area contributed by atoms with Crippen LogP contribution in [0.3, 0.4) is 0 Å². The highest BCUT2D eigenvalue weighted by Crippen LogP contribution is 2.38. The predicted molar refractivity (Wildman–Crippen MR) is 72.8 cm³/mol. The topological polar surface area (TPSA) is 17.1 Å². The van der Waals surface area contributed by atoms with Gasteiger partial charge in [-0.25, -0.2) is 0 Å². The highest BCUT2D eigenvalue weighted by Gasteiger charge is 2.21. The van der Waals surface area contributed by atoms with Crippen LogP contribution in [0.1, 0.15) is 27.0 Å². The van der Waals surface area contributed by atoms with E-state index in [1.54, 1.807) is 5.37 Å². The molecule has 0 radical (unpaired) electrons. The summed E-state index contributed by atoms with van der Waals surface area (Å²) in [4.78, 5) is 11.0. The molecule has 0 N–H and O–H groups in total. The van der Waals surface area contributed by atoms with Gasteiger partial charge in [0.05, 0.1) is 0 Å². The lowest BCUT2D eigenvalue weighted by atomic mass is 9.98. The van der Waals surface area contributed by atoms with Crippen molar-refractivity contribution in [2.75, 3.05) is 0 Å². The maximum atomic E-state index is 11.0. The molecule has 0 atom stereocenters. The Balaban J connectivity index is 2.30. The van der Waals surface area contributed by atoms with Crippen molar-refractivity contribution in [2.24, 2.45) is 0 Å². The zero-order chi connectivity index (χ0) is 11.8. The van der Waals surface area contributed by atoms with Crippen LogP contribution < -0.4 is 0 Å². The summed E-state index contributed by atoms with van der Waals surface area (Å²) in [7, 11) is 0. The van der Waals surface area contributed by atoms with Gasteiger partial charge in [0.25, 0.3) is 0 Å². The van der Waals surface area contributed by atoms with Crippen LogP contribution in [0.4, 0.5) is 0 Å². The van der Waals surface area contributed by atoms with Crippen molar-refractivity contribution in [1.82, 2.24) is 0 Å². The summed E-state index contributed by atoms with van der Waals surface area (Å²) in [6, 6.07) is 12.2. The summed E-state index contributed by atoms with van der Waals surface area (Å²) in [5.74, 6) is 0. The second kappa shape index (κ2) is 3.90. The Morgan fingerprint density at radius 3 is 2.65 bits per heavy atom. The minimum atomic E-state index is 0.687. The highest BCUT2D eigenvalue weighted by atomic mass is 32.1. The molecule has 2 heteroatoms. The van der Waals surface area contributed by atoms with E-state index in [4.69, 9.17) is 12.2 Å². The average molecular weight is 238 g/mol. The van der Waals surface area contributed by atoms with E-state index in [-0.39, 0.29) is 0 Å². The van der Waals surface area contributed by atoms with Gasteiger partial charge in [0.2, 0.25) is 0 Å². The lowest BCUT2D eigenvalue weighted by Crippen LogP contribution is -1.96. The normalized spacial score (nSPS) is 11.8. The molecule has 0 saturated heterocycles. The van der Waals surface area contributed by atoms with Crippen LogP contribution in [0.5, 0.6) is 0 Å². The summed E-state index contributed by atoms with van der Waals surface area (Å²) in [6.07, 6.45) is 1.75. The number of carbonyl (C=O) groups excluding carboxylic acids is 1. The fraction of sp³-hybridized carbons (Fsp3) is 0.0667. The Kier molecular flexibility index (Phi) is 2.37. The number of thiocarbonyl (C=S) groups is 1. The minimum absolute atomic E-state index is 0.687. The second-order valence-corrected chi connectivity index (χ2v) is 4.40. The van der Waals surface area contributed by atoms with Gasteiger partial charge >= 0.3 is 0 Å². The molecule has 0 saturated carbocycles. The molecule has 82 valence electrons. The van der Waals surface area contributed by atoms with Gasteiger partial charge in [-0.1, -0.05) is 48.6 Å². The van der Waals surface area contributed by atoms with E-state index in [0.717, 1.165) is 18.3 Å². The molecule has 2 aromatic rings. The van der Waals surface area contributed by atoms with E-state index >= 15 is 0 Å². The monoisotopic (exact) mass is 238 g/mol. The fourth-order valence-electron chi connectivity index (χ4n) is 2.50. The van der Waals surface area contributed by atoms with Crippen molar-refractivity contribution >= 4 is 23.9 Å². The Hall–Kier alpha value is -1.80. The van der Waals surface area contributed by atoms with Crippen molar-refractivity contribution in [1.29, 1.82) is 0 Å². The molecule has 0 heterocycles. The first kappa shape index (κ1) is 10.4. The van der Waals surface area contributed by atoms with E-state index in [1.807, 2.05) is 24.3 Å². The minimum Gasteiger partial charge on any atom is -0.298 e. The third-order valence-electron chi connectivity index (χ3n) is 3.31. The Labute approximate surface area is 105 Å². The predicted octanol–water partition coefficient (Wildman–Crippen LogP) is 3.42. The summed E-state index contributed by atoms with van der Waals surface area (Å²) >= 11 is 5.04. The Bertz CT molecular complexity index is 629. The first-order valence-electron chi connectivity index (χ1n) is 5.49. The number of carbonyl (C=O) groups is 1. The van der Waals surface area contributed by atoms with Crippen LogP contribution in [0, 0.1) is 0 Å². The van der Waals surface area contributed by atoms with Crippen molar-refractivity contribution in [3.63, 3.8) is 0 Å². The number of benzene rings is 2. The standard InChI is InChI=1S/C15H10OS/c16-8-11-5-6-13-12-4-2-1-3-10(12)7-14(13)15(11)9-17/h1-6,8-9H,7H2. The molecular weight excluding hydrogens is 228 g/mol. The maximum absolute atomic E-state index is 11.0. The van der Waals surface area contributed by atoms with Gasteiger partial charge in [0, 0.05) is 10.9 Å². The van der Waals surface area contributed by atoms with Gasteiger partial charge in [-0.05, 0) is 34.2 Å². The van der Waals surface area contributed by atoms with E-state index in [1.165, 1.54) is 22.3 Å². The van der Waals surface area contributed by atoms with Crippen LogP contribution in [0.25, 0.3) is 11.1 Å². The number of rotatable bonds is 2. The Morgan fingerprint density at radius 2 is 1.88 bits per heavy atom. The lowest BCUT2D eigenvalue weighted by Gasteiger charge is -2.06. The maximum Gasteiger partial charge on any atom is 0.150 e. The van der Waals surface area contributed by atoms with Crippen LogP contribution in [-0.4, -0.2) is 11.7 Å². The van der Waals surface area contributed by atoms with E-state index in [0.29, 0.717) is 5.56 Å². The number of hydrogen-bond donors (Lipinski definition) is 0. The molecule has 0 fully saturated rings. The van der Waals surface area contributed by atoms with Crippen LogP contribution >= 0.6 is 12.2 Å². The van der Waals surface area contributed by atoms with E-state index in [2.05, 4.69) is 12.1 Å². The third-order valence-corrected chi connectivity index (χ3v) is 3.55. The van der Waals surface area contributed by atoms with Crippen molar-refractivity contribution in [2.45, 2.75) is 6.42 Å². The van der Waals surface area contributed by atoms with Gasteiger partial charge in [-0.15, -0.1) is 0 Å². The number of hydrogen-bond acceptors (Lipinski definition) is 2. The number of fused-ring (bicyclic) bond motifs is 3. The molecular formula is C15H10OS. The SMILES string of the molecule is O=Cc1ccc2c(c1C=S)Cc1ccccc1-2. The van der Waals surface area contributed by atoms with E-state index < -0.39 is 0 Å². The average Bonchev–Trinajstić information content (AvgIpc) is 2.75. The highest BCUT2D eigenvalue weighted by molar-refractivity contribution is 7.79. The summed E-state index contributed by atoms with van der Waals surface area (Å²) in [6.45, 7) is 0. The molecule has 0 unspecified atom stereocenters. The Morgan fingerprint density at radius 1 is 1.06 bits per heavy atom. The molecule has 0 aromatic heterocycles. The van der Waals surface area contributed by atoms with E-state index in [9.17, 15) is 4.79 Å². The molecule has 1 aliphatic rings. The molecule has 0 amide bonds. The van der Waals surface area contributed by atoms with Gasteiger partial charge in [-0.2, -0.15) is 0 Å². The first-order chi connectivity index (χ1) is 8.35. The first-order valence-corrected chi connectivity index (χ1v) is 5.97. The summed E-state index contributed by atoms with van der Waals surface area (Å²) < 4.78 is 0. The molecule has 0 aliphatic heterocycles. The zero-order valence-electron chi connectivity index (χ0n) is 9.14. The fourth-order valence-corrected chi connectivity index (χ4v) is 2.77. The third kappa shape index (κ3) is 1.45. The number of aldehydes is 1. The van der Waals surface area contributed by atoms with Crippen molar-refractivity contribution in [3.05, 3.63) is 58.7 Å².